The van der Waals surface area contributed by atoms with E-state index in [1.807, 2.05) is 13.8 Å². The molecule has 0 fully saturated rings. The Morgan fingerprint density at radius 3 is 2.62 bits per heavy atom. The van der Waals surface area contributed by atoms with E-state index in [9.17, 15) is 9.18 Å². The molecule has 0 amide bonds. The van der Waals surface area contributed by atoms with Crippen molar-refractivity contribution >= 4 is 5.97 Å². The van der Waals surface area contributed by atoms with Gasteiger partial charge in [0.15, 0.2) is 0 Å². The number of rotatable bonds is 4. The number of carbonyl (C=O) groups is 1. The third-order valence-corrected chi connectivity index (χ3v) is 2.12. The smallest absolute Gasteiger partial charge is 0.327 e. The highest BCUT2D eigenvalue weighted by Crippen LogP contribution is 2.16. The molecule has 1 atom stereocenters. The number of carbonyl (C=O) groups excluding carboxylic acids is 1. The zero-order valence-corrected chi connectivity index (χ0v) is 9.66. The van der Waals surface area contributed by atoms with E-state index in [-0.39, 0.29) is 11.9 Å². The largest absolute Gasteiger partial charge is 0.468 e. The van der Waals surface area contributed by atoms with Crippen molar-refractivity contribution in [1.82, 2.24) is 5.32 Å². The fourth-order valence-corrected chi connectivity index (χ4v) is 1.44. The molecule has 0 saturated carbocycles. The minimum atomic E-state index is -0.624. The summed E-state index contributed by atoms with van der Waals surface area (Å²) in [4.78, 5) is 11.6. The molecule has 88 valence electrons. The van der Waals surface area contributed by atoms with Crippen molar-refractivity contribution in [3.63, 3.8) is 0 Å². The molecule has 1 aromatic rings. The molecule has 0 heterocycles. The van der Waals surface area contributed by atoms with Gasteiger partial charge >= 0.3 is 5.97 Å². The third kappa shape index (κ3) is 3.31. The molecule has 0 aliphatic rings. The zero-order valence-electron chi connectivity index (χ0n) is 9.66. The summed E-state index contributed by atoms with van der Waals surface area (Å²) in [5.41, 5.74) is 0.570. The minimum absolute atomic E-state index is 0.104. The van der Waals surface area contributed by atoms with Crippen molar-refractivity contribution in [3.8, 4) is 0 Å². The first-order chi connectivity index (χ1) is 7.54. The molecule has 4 heteroatoms. The normalized spacial score (nSPS) is 12.6. The van der Waals surface area contributed by atoms with Crippen molar-refractivity contribution in [2.24, 2.45) is 0 Å². The molecule has 0 aliphatic heterocycles. The summed E-state index contributed by atoms with van der Waals surface area (Å²) >= 11 is 0. The van der Waals surface area contributed by atoms with Crippen molar-refractivity contribution in [3.05, 3.63) is 35.6 Å². The second-order valence-corrected chi connectivity index (χ2v) is 3.83. The van der Waals surface area contributed by atoms with Crippen molar-refractivity contribution in [1.29, 1.82) is 0 Å². The average molecular weight is 225 g/mol. The second-order valence-electron chi connectivity index (χ2n) is 3.83. The lowest BCUT2D eigenvalue weighted by molar-refractivity contribution is -0.143. The summed E-state index contributed by atoms with van der Waals surface area (Å²) in [5.74, 6) is -0.781. The molecule has 16 heavy (non-hydrogen) atoms. The predicted octanol–water partition coefficient (Wildman–Crippen LogP) is 2.04. The fraction of sp³-hybridized carbons (Fsp3) is 0.417. The molecular weight excluding hydrogens is 209 g/mol. The van der Waals surface area contributed by atoms with Crippen molar-refractivity contribution in [2.45, 2.75) is 25.9 Å². The van der Waals surface area contributed by atoms with E-state index in [0.29, 0.717) is 5.56 Å². The molecule has 1 aromatic carbocycles. The SMILES string of the molecule is COC(=O)C(NC(C)C)c1cccc(F)c1. The molecule has 0 spiro atoms. The molecule has 3 nitrogen and oxygen atoms in total. The maximum Gasteiger partial charge on any atom is 0.327 e. The molecule has 0 aromatic heterocycles. The van der Waals surface area contributed by atoms with Gasteiger partial charge in [-0.1, -0.05) is 12.1 Å². The first kappa shape index (κ1) is 12.6. The lowest BCUT2D eigenvalue weighted by atomic mass is 10.1. The van der Waals surface area contributed by atoms with Gasteiger partial charge in [-0.3, -0.25) is 5.32 Å². The summed E-state index contributed by atoms with van der Waals surface area (Å²) in [6, 6.07) is 5.42. The summed E-state index contributed by atoms with van der Waals surface area (Å²) in [6.45, 7) is 3.82. The first-order valence-electron chi connectivity index (χ1n) is 5.14. The lowest BCUT2D eigenvalue weighted by Crippen LogP contribution is -2.34. The maximum atomic E-state index is 13.1. The van der Waals surface area contributed by atoms with E-state index in [2.05, 4.69) is 10.1 Å². The van der Waals surface area contributed by atoms with Crippen LogP contribution in [0.1, 0.15) is 25.5 Å². The molecule has 1 unspecified atom stereocenters. The van der Waals surface area contributed by atoms with Crippen LogP contribution < -0.4 is 5.32 Å². The Bertz CT molecular complexity index is 366. The summed E-state index contributed by atoms with van der Waals surface area (Å²) in [6.07, 6.45) is 0. The Labute approximate surface area is 94.6 Å². The van der Waals surface area contributed by atoms with Gasteiger partial charge in [0.25, 0.3) is 0 Å². The summed E-state index contributed by atoms with van der Waals surface area (Å²) in [5, 5.41) is 3.03. The Hall–Kier alpha value is -1.42. The number of benzene rings is 1. The van der Waals surface area contributed by atoms with Crippen LogP contribution in [0.25, 0.3) is 0 Å². The number of halogens is 1. The standard InChI is InChI=1S/C12H16FNO2/c1-8(2)14-11(12(15)16-3)9-5-4-6-10(13)7-9/h4-8,11,14H,1-3H3. The monoisotopic (exact) mass is 225 g/mol. The Morgan fingerprint density at radius 2 is 2.12 bits per heavy atom. The van der Waals surface area contributed by atoms with Gasteiger partial charge in [-0.25, -0.2) is 9.18 Å². The van der Waals surface area contributed by atoms with E-state index >= 15 is 0 Å². The molecule has 0 aliphatic carbocycles. The zero-order chi connectivity index (χ0) is 12.1. The minimum Gasteiger partial charge on any atom is -0.468 e. The number of hydrogen-bond acceptors (Lipinski definition) is 3. The summed E-state index contributed by atoms with van der Waals surface area (Å²) < 4.78 is 17.7. The van der Waals surface area contributed by atoms with Crippen LogP contribution in [0.2, 0.25) is 0 Å². The van der Waals surface area contributed by atoms with E-state index in [4.69, 9.17) is 0 Å². The van der Waals surface area contributed by atoms with E-state index < -0.39 is 12.0 Å². The highest BCUT2D eigenvalue weighted by atomic mass is 19.1. The highest BCUT2D eigenvalue weighted by molar-refractivity contribution is 5.77. The van der Waals surface area contributed by atoms with Gasteiger partial charge in [-0.05, 0) is 31.5 Å². The average Bonchev–Trinajstić information content (AvgIpc) is 2.24. The van der Waals surface area contributed by atoms with Crippen LogP contribution in [-0.2, 0) is 9.53 Å². The maximum absolute atomic E-state index is 13.1. The van der Waals surface area contributed by atoms with Gasteiger partial charge in [-0.2, -0.15) is 0 Å². The van der Waals surface area contributed by atoms with Crippen molar-refractivity contribution in [2.75, 3.05) is 7.11 Å². The van der Waals surface area contributed by atoms with Crippen LogP contribution in [0, 0.1) is 5.82 Å². The van der Waals surface area contributed by atoms with Gasteiger partial charge in [0.05, 0.1) is 7.11 Å². The third-order valence-electron chi connectivity index (χ3n) is 2.12. The van der Waals surface area contributed by atoms with Crippen LogP contribution in [0.3, 0.4) is 0 Å². The second kappa shape index (κ2) is 5.61. The van der Waals surface area contributed by atoms with Gasteiger partial charge < -0.3 is 4.74 Å². The molecule has 0 bridgehead atoms. The topological polar surface area (TPSA) is 38.3 Å². The molecule has 0 saturated heterocycles. The Balaban J connectivity index is 2.96. The quantitative estimate of drug-likeness (QED) is 0.797. The van der Waals surface area contributed by atoms with Crippen LogP contribution in [0.4, 0.5) is 4.39 Å². The Kier molecular flexibility index (Phi) is 4.43. The number of methoxy groups -OCH3 is 1. The number of ether oxygens (including phenoxy) is 1. The first-order valence-corrected chi connectivity index (χ1v) is 5.14. The molecule has 0 radical (unpaired) electrons. The van der Waals surface area contributed by atoms with E-state index in [0.717, 1.165) is 0 Å². The molecular formula is C12H16FNO2. The highest BCUT2D eigenvalue weighted by Gasteiger charge is 2.22. The van der Waals surface area contributed by atoms with Crippen LogP contribution in [-0.4, -0.2) is 19.1 Å². The van der Waals surface area contributed by atoms with E-state index in [1.165, 1.54) is 19.2 Å². The molecule has 1 N–H and O–H groups in total. The van der Waals surface area contributed by atoms with Crippen LogP contribution >= 0.6 is 0 Å². The number of nitrogens with one attached hydrogen (secondary N) is 1. The predicted molar refractivity (Wildman–Crippen MR) is 59.4 cm³/mol. The summed E-state index contributed by atoms with van der Waals surface area (Å²) in [7, 11) is 1.32. The fourth-order valence-electron chi connectivity index (χ4n) is 1.44. The van der Waals surface area contributed by atoms with Crippen LogP contribution in [0.15, 0.2) is 24.3 Å². The Morgan fingerprint density at radius 1 is 1.44 bits per heavy atom. The van der Waals surface area contributed by atoms with Gasteiger partial charge in [-0.15, -0.1) is 0 Å². The van der Waals surface area contributed by atoms with Gasteiger partial charge in [0, 0.05) is 6.04 Å². The number of esters is 1. The van der Waals surface area contributed by atoms with Crippen molar-refractivity contribution < 1.29 is 13.9 Å². The number of hydrogen-bond donors (Lipinski definition) is 1. The molecule has 1 rings (SSSR count). The van der Waals surface area contributed by atoms with Crippen LogP contribution in [0.5, 0.6) is 0 Å². The van der Waals surface area contributed by atoms with Gasteiger partial charge in [0.1, 0.15) is 11.9 Å². The lowest BCUT2D eigenvalue weighted by Gasteiger charge is -2.19. The van der Waals surface area contributed by atoms with Gasteiger partial charge in [0.2, 0.25) is 0 Å². The van der Waals surface area contributed by atoms with E-state index in [1.54, 1.807) is 12.1 Å².